The summed E-state index contributed by atoms with van der Waals surface area (Å²) in [5, 5.41) is 3.50. The van der Waals surface area contributed by atoms with Crippen LogP contribution >= 0.6 is 0 Å². The first-order valence-electron chi connectivity index (χ1n) is 10.7. The molecule has 3 heterocycles. The van der Waals surface area contributed by atoms with Crippen LogP contribution in [0.25, 0.3) is 0 Å². The maximum Gasteiger partial charge on any atom is 0.239 e. The van der Waals surface area contributed by atoms with Crippen LogP contribution in [0, 0.1) is 0 Å². The minimum Gasteiger partial charge on any atom is -0.375 e. The van der Waals surface area contributed by atoms with Crippen LogP contribution in [0.15, 0.2) is 4.99 Å². The summed E-state index contributed by atoms with van der Waals surface area (Å²) in [6.07, 6.45) is 5.66. The molecule has 0 radical (unpaired) electrons. The van der Waals surface area contributed by atoms with E-state index in [1.54, 1.807) is 4.90 Å². The first kappa shape index (κ1) is 21.3. The summed E-state index contributed by atoms with van der Waals surface area (Å²) in [6.45, 7) is 6.07. The van der Waals surface area contributed by atoms with Crippen molar-refractivity contribution >= 4 is 11.9 Å². The molecule has 0 bridgehead atoms. The van der Waals surface area contributed by atoms with E-state index in [0.29, 0.717) is 6.61 Å². The molecule has 3 aliphatic rings. The Kier molecular flexibility index (Phi) is 7.93. The number of nitrogens with zero attached hydrogens (tertiary/aromatic N) is 4. The van der Waals surface area contributed by atoms with Crippen LogP contribution in [0.2, 0.25) is 0 Å². The van der Waals surface area contributed by atoms with E-state index < -0.39 is 0 Å². The van der Waals surface area contributed by atoms with E-state index in [0.717, 1.165) is 77.4 Å². The van der Waals surface area contributed by atoms with Crippen molar-refractivity contribution in [1.29, 1.82) is 0 Å². The lowest BCUT2D eigenvalue weighted by atomic mass is 10.1. The number of likely N-dealkylation sites (N-methyl/N-ethyl adjacent to an activating group) is 1. The lowest BCUT2D eigenvalue weighted by Crippen LogP contribution is -2.53. The third kappa shape index (κ3) is 5.36. The average molecular weight is 396 g/mol. The van der Waals surface area contributed by atoms with E-state index in [1.165, 1.54) is 0 Å². The Morgan fingerprint density at radius 3 is 2.68 bits per heavy atom. The van der Waals surface area contributed by atoms with Crippen molar-refractivity contribution in [3.05, 3.63) is 0 Å². The maximum absolute atomic E-state index is 12.3. The molecule has 160 valence electrons. The summed E-state index contributed by atoms with van der Waals surface area (Å²) >= 11 is 0. The van der Waals surface area contributed by atoms with Crippen molar-refractivity contribution in [1.82, 2.24) is 20.0 Å². The molecule has 0 saturated carbocycles. The van der Waals surface area contributed by atoms with Crippen LogP contribution in [0.5, 0.6) is 0 Å². The molecule has 0 aromatic heterocycles. The highest BCUT2D eigenvalue weighted by molar-refractivity contribution is 5.81. The van der Waals surface area contributed by atoms with Gasteiger partial charge in [-0.05, 0) is 38.6 Å². The molecule has 8 nitrogen and oxygen atoms in total. The Bertz CT molecular complexity index is 536. The van der Waals surface area contributed by atoms with E-state index in [4.69, 9.17) is 9.47 Å². The third-order valence-electron chi connectivity index (χ3n) is 5.98. The van der Waals surface area contributed by atoms with E-state index in [-0.39, 0.29) is 24.2 Å². The molecule has 3 fully saturated rings. The summed E-state index contributed by atoms with van der Waals surface area (Å²) in [5.74, 6) is 1.17. The van der Waals surface area contributed by atoms with Gasteiger partial charge in [-0.2, -0.15) is 0 Å². The highest BCUT2D eigenvalue weighted by Crippen LogP contribution is 2.21. The number of carbonyl (C=O) groups is 1. The van der Waals surface area contributed by atoms with Gasteiger partial charge < -0.3 is 24.6 Å². The number of rotatable bonds is 6. The Balaban J connectivity index is 1.41. The molecule has 0 aromatic rings. The minimum atomic E-state index is 0.0562. The molecule has 3 unspecified atom stereocenters. The SMILES string of the molecule is CN=C(NCCCN1CCCC1C(=O)N(C)C)N1CCOC(C2CCCO2)C1. The van der Waals surface area contributed by atoms with Crippen molar-refractivity contribution < 1.29 is 14.3 Å². The van der Waals surface area contributed by atoms with Crippen LogP contribution in [0.1, 0.15) is 32.1 Å². The second-order valence-corrected chi connectivity index (χ2v) is 8.16. The molecule has 3 atom stereocenters. The lowest BCUT2D eigenvalue weighted by molar-refractivity contribution is -0.133. The number of aliphatic imine (C=N–C) groups is 1. The zero-order valence-corrected chi connectivity index (χ0v) is 17.7. The lowest BCUT2D eigenvalue weighted by Gasteiger charge is -2.37. The largest absolute Gasteiger partial charge is 0.375 e. The molecule has 0 aromatic carbocycles. The van der Waals surface area contributed by atoms with Crippen molar-refractivity contribution in [2.75, 3.05) is 67.1 Å². The van der Waals surface area contributed by atoms with Gasteiger partial charge >= 0.3 is 0 Å². The van der Waals surface area contributed by atoms with Crippen LogP contribution in [0.4, 0.5) is 0 Å². The smallest absolute Gasteiger partial charge is 0.239 e. The summed E-state index contributed by atoms with van der Waals surface area (Å²) in [4.78, 5) is 23.1. The number of carbonyl (C=O) groups excluding carboxylic acids is 1. The molecule has 8 heteroatoms. The summed E-state index contributed by atoms with van der Waals surface area (Å²) in [5.41, 5.74) is 0. The van der Waals surface area contributed by atoms with Gasteiger partial charge in [0.1, 0.15) is 6.10 Å². The third-order valence-corrected chi connectivity index (χ3v) is 5.98. The number of amides is 1. The van der Waals surface area contributed by atoms with Gasteiger partial charge in [0.25, 0.3) is 0 Å². The van der Waals surface area contributed by atoms with Gasteiger partial charge in [0.15, 0.2) is 5.96 Å². The number of ether oxygens (including phenoxy) is 2. The van der Waals surface area contributed by atoms with Crippen molar-refractivity contribution in [2.45, 2.75) is 50.4 Å². The van der Waals surface area contributed by atoms with Crippen LogP contribution in [-0.2, 0) is 14.3 Å². The number of nitrogens with one attached hydrogen (secondary N) is 1. The predicted octanol–water partition coefficient (Wildman–Crippen LogP) is 0.384. The Labute approximate surface area is 169 Å². The molecular formula is C20H37N5O3. The number of morpholine rings is 1. The van der Waals surface area contributed by atoms with Crippen molar-refractivity contribution in [2.24, 2.45) is 4.99 Å². The van der Waals surface area contributed by atoms with Crippen LogP contribution < -0.4 is 5.32 Å². The second kappa shape index (κ2) is 10.4. The standard InChI is InChI=1S/C20H37N5O3/c1-21-20(25-12-14-28-18(15-25)17-8-5-13-27-17)22-9-6-11-24-10-4-7-16(24)19(26)23(2)3/h16-18H,4-15H2,1-3H3,(H,21,22). The molecule has 3 aliphatic heterocycles. The Morgan fingerprint density at radius 2 is 1.96 bits per heavy atom. The molecule has 3 rings (SSSR count). The van der Waals surface area contributed by atoms with Gasteiger partial charge in [0, 0.05) is 53.9 Å². The highest BCUT2D eigenvalue weighted by atomic mass is 16.5. The second-order valence-electron chi connectivity index (χ2n) is 8.16. The zero-order valence-electron chi connectivity index (χ0n) is 17.7. The first-order chi connectivity index (χ1) is 13.6. The number of hydrogen-bond donors (Lipinski definition) is 1. The quantitative estimate of drug-likeness (QED) is 0.399. The van der Waals surface area contributed by atoms with E-state index in [1.807, 2.05) is 21.1 Å². The van der Waals surface area contributed by atoms with E-state index in [2.05, 4.69) is 20.1 Å². The van der Waals surface area contributed by atoms with Gasteiger partial charge in [-0.1, -0.05) is 0 Å². The van der Waals surface area contributed by atoms with Crippen LogP contribution in [0.3, 0.4) is 0 Å². The van der Waals surface area contributed by atoms with E-state index >= 15 is 0 Å². The van der Waals surface area contributed by atoms with Gasteiger partial charge in [0.05, 0.1) is 18.8 Å². The van der Waals surface area contributed by atoms with Gasteiger partial charge in [-0.15, -0.1) is 0 Å². The zero-order chi connectivity index (χ0) is 19.9. The fraction of sp³-hybridized carbons (Fsp3) is 0.900. The summed E-state index contributed by atoms with van der Waals surface area (Å²) in [7, 11) is 5.53. The molecule has 3 saturated heterocycles. The number of likely N-dealkylation sites (tertiary alicyclic amines) is 1. The fourth-order valence-electron chi connectivity index (χ4n) is 4.47. The van der Waals surface area contributed by atoms with Crippen molar-refractivity contribution in [3.63, 3.8) is 0 Å². The van der Waals surface area contributed by atoms with Gasteiger partial charge in [0.2, 0.25) is 5.91 Å². The first-order valence-corrected chi connectivity index (χ1v) is 10.7. The molecule has 0 spiro atoms. The normalized spacial score (nSPS) is 29.3. The van der Waals surface area contributed by atoms with Gasteiger partial charge in [-0.3, -0.25) is 14.7 Å². The summed E-state index contributed by atoms with van der Waals surface area (Å²) in [6, 6.07) is 0.0562. The maximum atomic E-state index is 12.3. The Morgan fingerprint density at radius 1 is 1.14 bits per heavy atom. The summed E-state index contributed by atoms with van der Waals surface area (Å²) < 4.78 is 11.7. The molecule has 1 N–H and O–H groups in total. The number of guanidine groups is 1. The molecular weight excluding hydrogens is 358 g/mol. The fourth-order valence-corrected chi connectivity index (χ4v) is 4.47. The average Bonchev–Trinajstić information content (AvgIpc) is 3.39. The molecule has 0 aliphatic carbocycles. The highest BCUT2D eigenvalue weighted by Gasteiger charge is 2.33. The Hall–Kier alpha value is -1.38. The van der Waals surface area contributed by atoms with Gasteiger partial charge in [-0.25, -0.2) is 0 Å². The monoisotopic (exact) mass is 395 g/mol. The minimum absolute atomic E-state index is 0.0562. The topological polar surface area (TPSA) is 69.6 Å². The molecule has 28 heavy (non-hydrogen) atoms. The number of hydrogen-bond acceptors (Lipinski definition) is 5. The van der Waals surface area contributed by atoms with Crippen LogP contribution in [-0.4, -0.2) is 112 Å². The predicted molar refractivity (Wildman–Crippen MR) is 110 cm³/mol. The van der Waals surface area contributed by atoms with E-state index in [9.17, 15) is 4.79 Å². The van der Waals surface area contributed by atoms with Crippen molar-refractivity contribution in [3.8, 4) is 0 Å². The molecule has 1 amide bonds.